The number of unbranched alkanes of at least 4 members (excludes halogenated alkanes) is 3. The molecule has 0 amide bonds. The average molecular weight is 621 g/mol. The van der Waals surface area contributed by atoms with Crippen molar-refractivity contribution in [3.63, 3.8) is 0 Å². The van der Waals surface area contributed by atoms with Crippen LogP contribution in [0.2, 0.25) is 0 Å². The number of nitrogens with zero attached hydrogens (tertiary/aromatic N) is 8. The molecule has 0 fully saturated rings. The number of nitrogens with one attached hydrogen (secondary N) is 2. The Morgan fingerprint density at radius 2 is 0.810 bits per heavy atom. The molecule has 0 spiro atoms. The fourth-order valence-corrected chi connectivity index (χ4v) is 6.35. The van der Waals surface area contributed by atoms with Crippen molar-refractivity contribution in [1.29, 1.82) is 0 Å². The molecule has 0 aliphatic heterocycles. The first-order valence-electron chi connectivity index (χ1n) is 15.7. The van der Waals surface area contributed by atoms with Crippen LogP contribution in [-0.2, 0) is 0 Å². The molecule has 0 aliphatic rings. The number of anilines is 4. The lowest BCUT2D eigenvalue weighted by molar-refractivity contribution is 0.584. The van der Waals surface area contributed by atoms with Crippen LogP contribution in [0.5, 0.6) is 0 Å². The standard InChI is InChI=1S/C30H56N10S2/c1-19(2)31-25-33-27(39(21(5)6)22(7)8)37-29(35-25)41-17-15-13-14-16-18-42-30-36-26(32-20(3)4)34-28(38-30)40(23(9)10)24(11)12/h19-24H,13-18H2,1-12H3,(H,31,33,35,37)(H,32,34,36,38). The van der Waals surface area contributed by atoms with Crippen LogP contribution in [0.25, 0.3) is 0 Å². The highest BCUT2D eigenvalue weighted by Crippen LogP contribution is 2.25. The quantitative estimate of drug-likeness (QED) is 0.121. The molecular weight excluding hydrogens is 565 g/mol. The summed E-state index contributed by atoms with van der Waals surface area (Å²) in [7, 11) is 0. The van der Waals surface area contributed by atoms with Gasteiger partial charge < -0.3 is 20.4 Å². The minimum atomic E-state index is 0.258. The Morgan fingerprint density at radius 1 is 0.476 bits per heavy atom. The number of thioether (sulfide) groups is 2. The van der Waals surface area contributed by atoms with Gasteiger partial charge in [0.05, 0.1) is 0 Å². The Balaban J connectivity index is 1.90. The first kappa shape index (κ1) is 36.1. The maximum absolute atomic E-state index is 4.83. The van der Waals surface area contributed by atoms with E-state index in [0.29, 0.717) is 36.1 Å². The molecule has 12 heteroatoms. The fraction of sp³-hybridized carbons (Fsp3) is 0.800. The summed E-state index contributed by atoms with van der Waals surface area (Å²) in [4.78, 5) is 33.0. The van der Waals surface area contributed by atoms with Gasteiger partial charge in [0.1, 0.15) is 0 Å². The first-order chi connectivity index (χ1) is 19.8. The van der Waals surface area contributed by atoms with E-state index in [1.807, 2.05) is 0 Å². The van der Waals surface area contributed by atoms with E-state index in [2.05, 4.69) is 104 Å². The van der Waals surface area contributed by atoms with Crippen molar-refractivity contribution < 1.29 is 0 Å². The SMILES string of the molecule is CC(C)Nc1nc(SCCCCCCSc2nc(NC(C)C)nc(N(C(C)C)C(C)C)n2)nc(N(C(C)C)C(C)C)n1. The summed E-state index contributed by atoms with van der Waals surface area (Å²) in [6.07, 6.45) is 4.59. The van der Waals surface area contributed by atoms with Crippen LogP contribution in [0.4, 0.5) is 23.8 Å². The van der Waals surface area contributed by atoms with E-state index in [-0.39, 0.29) is 12.1 Å². The molecule has 10 nitrogen and oxygen atoms in total. The van der Waals surface area contributed by atoms with Gasteiger partial charge in [0.25, 0.3) is 0 Å². The van der Waals surface area contributed by atoms with E-state index >= 15 is 0 Å². The summed E-state index contributed by atoms with van der Waals surface area (Å²) >= 11 is 3.44. The molecule has 42 heavy (non-hydrogen) atoms. The molecule has 0 atom stereocenters. The van der Waals surface area contributed by atoms with Crippen LogP contribution in [0.1, 0.15) is 109 Å². The highest BCUT2D eigenvalue weighted by atomic mass is 32.2. The van der Waals surface area contributed by atoms with Crippen molar-refractivity contribution in [3.05, 3.63) is 0 Å². The van der Waals surface area contributed by atoms with Gasteiger partial charge in [-0.1, -0.05) is 36.4 Å². The summed E-state index contributed by atoms with van der Waals surface area (Å²) in [5, 5.41) is 8.31. The van der Waals surface area contributed by atoms with Gasteiger partial charge in [0.2, 0.25) is 23.8 Å². The highest BCUT2D eigenvalue weighted by Gasteiger charge is 2.21. The van der Waals surface area contributed by atoms with Crippen LogP contribution >= 0.6 is 23.5 Å². The molecule has 2 aromatic heterocycles. The maximum Gasteiger partial charge on any atom is 0.231 e. The normalized spacial score (nSPS) is 12.0. The third-order valence-electron chi connectivity index (χ3n) is 6.23. The Morgan fingerprint density at radius 3 is 1.10 bits per heavy atom. The van der Waals surface area contributed by atoms with Gasteiger partial charge in [-0.3, -0.25) is 0 Å². The van der Waals surface area contributed by atoms with Crippen molar-refractivity contribution in [1.82, 2.24) is 29.9 Å². The summed E-state index contributed by atoms with van der Waals surface area (Å²) in [5.41, 5.74) is 0. The molecule has 2 aromatic rings. The number of rotatable bonds is 19. The van der Waals surface area contributed by atoms with Gasteiger partial charge in [-0.25, -0.2) is 0 Å². The molecule has 2 heterocycles. The molecule has 0 radical (unpaired) electrons. The second kappa shape index (κ2) is 17.9. The predicted molar refractivity (Wildman–Crippen MR) is 183 cm³/mol. The van der Waals surface area contributed by atoms with Gasteiger partial charge in [0.15, 0.2) is 10.3 Å². The first-order valence-corrected chi connectivity index (χ1v) is 17.6. The maximum atomic E-state index is 4.83. The third kappa shape index (κ3) is 12.3. The molecule has 0 unspecified atom stereocenters. The Labute approximate surface area is 263 Å². The molecule has 0 saturated heterocycles. The van der Waals surface area contributed by atoms with Crippen LogP contribution in [0.15, 0.2) is 10.3 Å². The van der Waals surface area contributed by atoms with E-state index in [4.69, 9.17) is 29.9 Å². The third-order valence-corrected chi connectivity index (χ3v) is 8.10. The zero-order valence-corrected chi connectivity index (χ0v) is 29.7. The summed E-state index contributed by atoms with van der Waals surface area (Å²) < 4.78 is 0. The zero-order valence-electron chi connectivity index (χ0n) is 28.1. The summed E-state index contributed by atoms with van der Waals surface area (Å²) in [5.74, 6) is 4.77. The van der Waals surface area contributed by atoms with Crippen molar-refractivity contribution in [2.45, 2.75) is 155 Å². The fourth-order valence-electron chi connectivity index (χ4n) is 4.70. The highest BCUT2D eigenvalue weighted by molar-refractivity contribution is 7.99. The second-order valence-electron chi connectivity index (χ2n) is 12.4. The lowest BCUT2D eigenvalue weighted by Crippen LogP contribution is -2.38. The lowest BCUT2D eigenvalue weighted by atomic mass is 10.2. The summed E-state index contributed by atoms with van der Waals surface area (Å²) in [6.45, 7) is 25.8. The van der Waals surface area contributed by atoms with Gasteiger partial charge in [0, 0.05) is 47.8 Å². The lowest BCUT2D eigenvalue weighted by Gasteiger charge is -2.31. The minimum Gasteiger partial charge on any atom is -0.352 e. The van der Waals surface area contributed by atoms with E-state index < -0.39 is 0 Å². The Bertz CT molecular complexity index is 963. The summed E-state index contributed by atoms with van der Waals surface area (Å²) in [6, 6.07) is 1.74. The molecule has 238 valence electrons. The van der Waals surface area contributed by atoms with Crippen molar-refractivity contribution in [2.75, 3.05) is 31.9 Å². The van der Waals surface area contributed by atoms with Gasteiger partial charge in [-0.15, -0.1) is 0 Å². The van der Waals surface area contributed by atoms with Crippen LogP contribution in [0, 0.1) is 0 Å². The molecule has 2 N–H and O–H groups in total. The molecule has 2 rings (SSSR count). The zero-order chi connectivity index (χ0) is 31.4. The van der Waals surface area contributed by atoms with Crippen LogP contribution in [0.3, 0.4) is 0 Å². The minimum absolute atomic E-state index is 0.258. The van der Waals surface area contributed by atoms with Crippen LogP contribution < -0.4 is 20.4 Å². The molecule has 0 saturated carbocycles. The smallest absolute Gasteiger partial charge is 0.231 e. The molecule has 0 aromatic carbocycles. The van der Waals surface area contributed by atoms with E-state index in [0.717, 1.165) is 46.6 Å². The molecule has 0 bridgehead atoms. The molecule has 0 aliphatic carbocycles. The van der Waals surface area contributed by atoms with Crippen LogP contribution in [-0.4, -0.2) is 77.7 Å². The van der Waals surface area contributed by atoms with Crippen molar-refractivity contribution in [2.24, 2.45) is 0 Å². The van der Waals surface area contributed by atoms with Crippen molar-refractivity contribution >= 4 is 47.3 Å². The predicted octanol–water partition coefficient (Wildman–Crippen LogP) is 7.39. The largest absolute Gasteiger partial charge is 0.352 e. The Hall–Kier alpha value is -2.08. The van der Waals surface area contributed by atoms with Gasteiger partial charge >= 0.3 is 0 Å². The van der Waals surface area contributed by atoms with Crippen molar-refractivity contribution in [3.8, 4) is 0 Å². The van der Waals surface area contributed by atoms with E-state index in [1.165, 1.54) is 12.8 Å². The monoisotopic (exact) mass is 620 g/mol. The second-order valence-corrected chi connectivity index (χ2v) is 14.5. The number of hydrogen-bond donors (Lipinski definition) is 2. The molecular formula is C30H56N10S2. The van der Waals surface area contributed by atoms with Gasteiger partial charge in [-0.05, 0) is 95.9 Å². The van der Waals surface area contributed by atoms with E-state index in [9.17, 15) is 0 Å². The van der Waals surface area contributed by atoms with E-state index in [1.54, 1.807) is 23.5 Å². The topological polar surface area (TPSA) is 108 Å². The Kier molecular flexibility index (Phi) is 15.4. The van der Waals surface area contributed by atoms with Gasteiger partial charge in [-0.2, -0.15) is 29.9 Å². The average Bonchev–Trinajstić information content (AvgIpc) is 2.83. The number of hydrogen-bond acceptors (Lipinski definition) is 12. The number of aromatic nitrogens is 6.